The lowest BCUT2D eigenvalue weighted by atomic mass is 9.75. The Morgan fingerprint density at radius 3 is 2.61 bits per heavy atom. The fourth-order valence-electron chi connectivity index (χ4n) is 4.58. The van der Waals surface area contributed by atoms with Crippen LogP contribution < -0.4 is 10.6 Å². The zero-order valence-corrected chi connectivity index (χ0v) is 22.3. The van der Waals surface area contributed by atoms with Gasteiger partial charge in [-0.3, -0.25) is 4.79 Å². The molecule has 0 unspecified atom stereocenters. The summed E-state index contributed by atoms with van der Waals surface area (Å²) in [7, 11) is 1.93. The molecule has 200 valence electrons. The van der Waals surface area contributed by atoms with E-state index in [1.165, 1.54) is 0 Å². The maximum atomic E-state index is 13.2. The van der Waals surface area contributed by atoms with E-state index in [1.807, 2.05) is 56.7 Å². The van der Waals surface area contributed by atoms with E-state index in [4.69, 9.17) is 14.5 Å². The number of ether oxygens (including phenoxy) is 2. The van der Waals surface area contributed by atoms with Crippen LogP contribution in [0.4, 0.5) is 10.5 Å². The second kappa shape index (κ2) is 10.2. The van der Waals surface area contributed by atoms with Gasteiger partial charge in [0.1, 0.15) is 23.4 Å². The zero-order valence-electron chi connectivity index (χ0n) is 22.3. The van der Waals surface area contributed by atoms with Crippen LogP contribution in [0.2, 0.25) is 0 Å². The highest BCUT2D eigenvalue weighted by Gasteiger charge is 2.41. The van der Waals surface area contributed by atoms with Gasteiger partial charge in [-0.2, -0.15) is 0 Å². The molecule has 1 aliphatic carbocycles. The van der Waals surface area contributed by atoms with Crippen LogP contribution in [0.15, 0.2) is 42.7 Å². The van der Waals surface area contributed by atoms with Gasteiger partial charge in [0.15, 0.2) is 0 Å². The van der Waals surface area contributed by atoms with E-state index in [0.717, 1.165) is 35.5 Å². The van der Waals surface area contributed by atoms with Gasteiger partial charge in [0, 0.05) is 42.7 Å². The molecule has 10 nitrogen and oxygen atoms in total. The van der Waals surface area contributed by atoms with Crippen LogP contribution in [-0.2, 0) is 34.9 Å². The van der Waals surface area contributed by atoms with Gasteiger partial charge in [0.05, 0.1) is 13.2 Å². The van der Waals surface area contributed by atoms with E-state index < -0.39 is 11.7 Å². The van der Waals surface area contributed by atoms with Crippen molar-refractivity contribution in [2.45, 2.75) is 63.5 Å². The fourth-order valence-corrected chi connectivity index (χ4v) is 4.58. The number of aromatic nitrogens is 4. The topological polar surface area (TPSA) is 120 Å². The summed E-state index contributed by atoms with van der Waals surface area (Å²) in [6.45, 7) is 6.94. The molecule has 2 N–H and O–H groups in total. The Balaban J connectivity index is 1.29. The van der Waals surface area contributed by atoms with Gasteiger partial charge in [-0.1, -0.05) is 18.2 Å². The van der Waals surface area contributed by atoms with Gasteiger partial charge in [0.2, 0.25) is 0 Å². The highest BCUT2D eigenvalue weighted by atomic mass is 16.6. The lowest BCUT2D eigenvalue weighted by molar-refractivity contribution is -0.0610. The molecule has 2 aromatic heterocycles. The van der Waals surface area contributed by atoms with Gasteiger partial charge in [-0.15, -0.1) is 10.2 Å². The smallest absolute Gasteiger partial charge is 0.407 e. The molecule has 10 heteroatoms. The average molecular weight is 519 g/mol. The lowest BCUT2D eigenvalue weighted by Gasteiger charge is -2.41. The summed E-state index contributed by atoms with van der Waals surface area (Å²) in [5.41, 5.74) is 3.11. The maximum absolute atomic E-state index is 13.2. The Bertz CT molecular complexity index is 1340. The predicted octanol–water partition coefficient (Wildman–Crippen LogP) is 3.88. The van der Waals surface area contributed by atoms with Crippen molar-refractivity contribution in [3.05, 3.63) is 71.1 Å². The van der Waals surface area contributed by atoms with Gasteiger partial charge < -0.3 is 24.7 Å². The maximum Gasteiger partial charge on any atom is 0.407 e. The van der Waals surface area contributed by atoms with Crippen molar-refractivity contribution in [3.63, 3.8) is 0 Å². The summed E-state index contributed by atoms with van der Waals surface area (Å²) in [5.74, 6) is 0.921. The highest BCUT2D eigenvalue weighted by Crippen LogP contribution is 2.41. The lowest BCUT2D eigenvalue weighted by Crippen LogP contribution is -2.49. The molecule has 5 rings (SSSR count). The third-order valence-electron chi connectivity index (χ3n) is 6.82. The van der Waals surface area contributed by atoms with Crippen LogP contribution in [0.5, 0.6) is 0 Å². The predicted molar refractivity (Wildman–Crippen MR) is 141 cm³/mol. The van der Waals surface area contributed by atoms with Gasteiger partial charge in [-0.05, 0) is 62.9 Å². The summed E-state index contributed by atoms with van der Waals surface area (Å²) in [6, 6.07) is 11.4. The second-order valence-corrected chi connectivity index (χ2v) is 11.2. The molecule has 0 spiro atoms. The first kappa shape index (κ1) is 25.8. The minimum atomic E-state index is -0.568. The molecule has 2 fully saturated rings. The molecule has 1 saturated carbocycles. The summed E-state index contributed by atoms with van der Waals surface area (Å²) in [5, 5.41) is 14.0. The summed E-state index contributed by atoms with van der Waals surface area (Å²) >= 11 is 0. The standard InChI is InChI=1S/C28H34N6O4/c1-27(2,3)38-26(36)29-14-19-10-11-22(32-24(19)18-8-9-18)25(35)31-21-7-5-6-20(12-21)28(15-37-16-28)13-23-33-30-17-34(23)4/h5-7,10-12,17-18H,8-9,13-16H2,1-4H3,(H,29,36)(H,31,35). The number of carbonyl (C=O) groups is 2. The minimum Gasteiger partial charge on any atom is -0.444 e. The molecule has 0 bridgehead atoms. The molecular formula is C28H34N6O4. The van der Waals surface area contributed by atoms with E-state index in [2.05, 4.69) is 26.9 Å². The van der Waals surface area contributed by atoms with Crippen molar-refractivity contribution < 1.29 is 19.1 Å². The van der Waals surface area contributed by atoms with Gasteiger partial charge >= 0.3 is 6.09 Å². The molecule has 1 saturated heterocycles. The van der Waals surface area contributed by atoms with Crippen LogP contribution in [0.25, 0.3) is 0 Å². The van der Waals surface area contributed by atoms with Gasteiger partial charge in [-0.25, -0.2) is 9.78 Å². The number of alkyl carbamates (subject to hydrolysis) is 1. The Kier molecular flexibility index (Phi) is 6.92. The second-order valence-electron chi connectivity index (χ2n) is 11.2. The highest BCUT2D eigenvalue weighted by molar-refractivity contribution is 6.03. The van der Waals surface area contributed by atoms with Crippen molar-refractivity contribution >= 4 is 17.7 Å². The number of benzene rings is 1. The molecule has 3 heterocycles. The van der Waals surface area contributed by atoms with Crippen LogP contribution in [0.1, 0.15) is 72.7 Å². The number of amides is 2. The first-order chi connectivity index (χ1) is 18.1. The largest absolute Gasteiger partial charge is 0.444 e. The van der Waals surface area contributed by atoms with Crippen LogP contribution in [-0.4, -0.2) is 50.6 Å². The zero-order chi connectivity index (χ0) is 26.9. The Morgan fingerprint density at radius 2 is 1.97 bits per heavy atom. The minimum absolute atomic E-state index is 0.207. The van der Waals surface area contributed by atoms with Crippen molar-refractivity contribution in [2.75, 3.05) is 18.5 Å². The number of hydrogen-bond donors (Lipinski definition) is 2. The van der Waals surface area contributed by atoms with E-state index in [9.17, 15) is 9.59 Å². The average Bonchev–Trinajstić information content (AvgIpc) is 3.61. The normalized spacial score (nSPS) is 16.4. The Hall–Kier alpha value is -3.79. The van der Waals surface area contributed by atoms with Crippen molar-refractivity contribution in [3.8, 4) is 0 Å². The van der Waals surface area contributed by atoms with Crippen LogP contribution in [0, 0.1) is 0 Å². The molecule has 0 atom stereocenters. The van der Waals surface area contributed by atoms with E-state index in [0.29, 0.717) is 43.5 Å². The number of hydrogen-bond acceptors (Lipinski definition) is 7. The summed E-state index contributed by atoms with van der Waals surface area (Å²) in [6.07, 6.45) is 3.96. The number of rotatable bonds is 8. The number of anilines is 1. The van der Waals surface area contributed by atoms with Gasteiger partial charge in [0.25, 0.3) is 5.91 Å². The first-order valence-electron chi connectivity index (χ1n) is 12.9. The third-order valence-corrected chi connectivity index (χ3v) is 6.82. The number of nitrogens with one attached hydrogen (secondary N) is 2. The Labute approximate surface area is 222 Å². The van der Waals surface area contributed by atoms with Crippen LogP contribution >= 0.6 is 0 Å². The SMILES string of the molecule is Cn1cnnc1CC1(c2cccc(NC(=O)c3ccc(CNC(=O)OC(C)(C)C)c(C4CC4)n3)c2)COC1. The van der Waals surface area contributed by atoms with E-state index >= 15 is 0 Å². The van der Waals surface area contributed by atoms with Crippen molar-refractivity contribution in [1.29, 1.82) is 0 Å². The fraction of sp³-hybridized carbons (Fsp3) is 0.464. The summed E-state index contributed by atoms with van der Waals surface area (Å²) < 4.78 is 12.8. The monoisotopic (exact) mass is 518 g/mol. The quantitative estimate of drug-likeness (QED) is 0.464. The first-order valence-corrected chi connectivity index (χ1v) is 12.9. The van der Waals surface area contributed by atoms with E-state index in [1.54, 1.807) is 12.4 Å². The van der Waals surface area contributed by atoms with E-state index in [-0.39, 0.29) is 11.3 Å². The van der Waals surface area contributed by atoms with Crippen LogP contribution in [0.3, 0.4) is 0 Å². The molecule has 1 aromatic carbocycles. The Morgan fingerprint density at radius 1 is 1.18 bits per heavy atom. The molecule has 38 heavy (non-hydrogen) atoms. The number of aryl methyl sites for hydroxylation is 1. The number of nitrogens with zero attached hydrogens (tertiary/aromatic N) is 4. The molecule has 1 aliphatic heterocycles. The summed E-state index contributed by atoms with van der Waals surface area (Å²) in [4.78, 5) is 30.0. The molecule has 0 radical (unpaired) electrons. The van der Waals surface area contributed by atoms with Crippen molar-refractivity contribution in [2.24, 2.45) is 7.05 Å². The molecule has 3 aromatic rings. The number of pyridine rings is 1. The molecular weight excluding hydrogens is 484 g/mol. The molecule has 2 aliphatic rings. The number of carbonyl (C=O) groups excluding carboxylic acids is 2. The van der Waals surface area contributed by atoms with Crippen molar-refractivity contribution in [1.82, 2.24) is 25.1 Å². The third kappa shape index (κ3) is 5.85. The molecule has 2 amide bonds.